The van der Waals surface area contributed by atoms with Crippen molar-refractivity contribution in [3.8, 4) is 0 Å². The quantitative estimate of drug-likeness (QED) is 0.942. The van der Waals surface area contributed by atoms with Crippen LogP contribution in [0.2, 0.25) is 0 Å². The van der Waals surface area contributed by atoms with E-state index in [0.717, 1.165) is 29.5 Å². The molecule has 0 fully saturated rings. The van der Waals surface area contributed by atoms with Crippen molar-refractivity contribution >= 4 is 21.4 Å². The molecule has 0 aliphatic carbocycles. The summed E-state index contributed by atoms with van der Waals surface area (Å²) in [6.45, 7) is 3.98. The van der Waals surface area contributed by atoms with Gasteiger partial charge in [0.2, 0.25) is 0 Å². The van der Waals surface area contributed by atoms with Gasteiger partial charge in [-0.25, -0.2) is 8.42 Å². The van der Waals surface area contributed by atoms with Gasteiger partial charge >= 0.3 is 0 Å². The van der Waals surface area contributed by atoms with Gasteiger partial charge in [0.25, 0.3) is 5.91 Å². The number of hydrogen-bond donors (Lipinski definition) is 1. The molecule has 0 radical (unpaired) electrons. The summed E-state index contributed by atoms with van der Waals surface area (Å²) in [5.74, 6) is -0.246. The highest BCUT2D eigenvalue weighted by Gasteiger charge is 2.12. The first kappa shape index (κ1) is 16.2. The first-order chi connectivity index (χ1) is 10.3. The van der Waals surface area contributed by atoms with Crippen LogP contribution in [0.3, 0.4) is 0 Å². The Morgan fingerprint density at radius 3 is 2.27 bits per heavy atom. The zero-order valence-electron chi connectivity index (χ0n) is 12.9. The average molecular weight is 317 g/mol. The molecule has 0 aromatic heterocycles. The Morgan fingerprint density at radius 1 is 1.09 bits per heavy atom. The van der Waals surface area contributed by atoms with Gasteiger partial charge in [-0.3, -0.25) is 4.79 Å². The van der Waals surface area contributed by atoms with Crippen LogP contribution in [0.5, 0.6) is 0 Å². The third kappa shape index (κ3) is 3.54. The summed E-state index contributed by atoms with van der Waals surface area (Å²) in [7, 11) is -3.25. The van der Waals surface area contributed by atoms with Crippen LogP contribution >= 0.6 is 0 Å². The monoisotopic (exact) mass is 317 g/mol. The first-order valence-electron chi connectivity index (χ1n) is 7.03. The molecule has 0 atom stereocenters. The number of rotatable bonds is 4. The van der Waals surface area contributed by atoms with Crippen LogP contribution in [-0.4, -0.2) is 20.6 Å². The van der Waals surface area contributed by atoms with E-state index in [9.17, 15) is 13.2 Å². The molecule has 0 saturated carbocycles. The normalized spacial score (nSPS) is 11.2. The Balaban J connectivity index is 2.27. The summed E-state index contributed by atoms with van der Waals surface area (Å²) < 4.78 is 22.9. The molecule has 0 aliphatic heterocycles. The van der Waals surface area contributed by atoms with Gasteiger partial charge in [-0.1, -0.05) is 25.1 Å². The number of carbonyl (C=O) groups is 1. The highest BCUT2D eigenvalue weighted by Crippen LogP contribution is 2.22. The number of hydrogen-bond acceptors (Lipinski definition) is 3. The van der Waals surface area contributed by atoms with Crippen LogP contribution in [0.1, 0.15) is 28.4 Å². The second-order valence-electron chi connectivity index (χ2n) is 5.21. The Labute approximate surface area is 131 Å². The number of amides is 1. The van der Waals surface area contributed by atoms with E-state index in [2.05, 4.69) is 5.32 Å². The van der Waals surface area contributed by atoms with Crippen LogP contribution in [0.25, 0.3) is 0 Å². The number of para-hydroxylation sites is 1. The molecule has 116 valence electrons. The summed E-state index contributed by atoms with van der Waals surface area (Å²) in [5.41, 5.74) is 3.32. The smallest absolute Gasteiger partial charge is 0.255 e. The summed E-state index contributed by atoms with van der Waals surface area (Å²) in [4.78, 5) is 12.5. The lowest BCUT2D eigenvalue weighted by molar-refractivity contribution is 0.102. The molecule has 0 aliphatic rings. The van der Waals surface area contributed by atoms with Crippen molar-refractivity contribution in [1.82, 2.24) is 0 Å². The summed E-state index contributed by atoms with van der Waals surface area (Å²) in [5, 5.41) is 2.92. The Hall–Kier alpha value is -2.14. The molecule has 4 nitrogen and oxygen atoms in total. The maximum absolute atomic E-state index is 12.3. The van der Waals surface area contributed by atoms with Gasteiger partial charge < -0.3 is 5.32 Å². The number of aryl methyl sites for hydroxylation is 2. The molecule has 5 heteroatoms. The Kier molecular flexibility index (Phi) is 4.66. The van der Waals surface area contributed by atoms with E-state index in [1.165, 1.54) is 24.3 Å². The van der Waals surface area contributed by atoms with Crippen molar-refractivity contribution in [3.05, 3.63) is 59.2 Å². The van der Waals surface area contributed by atoms with Crippen molar-refractivity contribution in [3.63, 3.8) is 0 Å². The molecule has 0 saturated heterocycles. The summed E-state index contributed by atoms with van der Waals surface area (Å²) >= 11 is 0. The first-order valence-corrected chi connectivity index (χ1v) is 8.92. The third-order valence-electron chi connectivity index (χ3n) is 3.52. The molecule has 22 heavy (non-hydrogen) atoms. The van der Waals surface area contributed by atoms with Crippen LogP contribution < -0.4 is 5.32 Å². The zero-order valence-corrected chi connectivity index (χ0v) is 13.7. The van der Waals surface area contributed by atoms with Crippen molar-refractivity contribution < 1.29 is 13.2 Å². The molecule has 0 spiro atoms. The minimum Gasteiger partial charge on any atom is -0.321 e. The molecule has 0 bridgehead atoms. The summed E-state index contributed by atoms with van der Waals surface area (Å²) in [6.07, 6.45) is 1.97. The number of carbonyl (C=O) groups excluding carboxylic acids is 1. The van der Waals surface area contributed by atoms with Gasteiger partial charge in [0, 0.05) is 17.5 Å². The molecule has 2 aromatic rings. The molecule has 0 unspecified atom stereocenters. The predicted molar refractivity (Wildman–Crippen MR) is 88.1 cm³/mol. The number of anilines is 1. The highest BCUT2D eigenvalue weighted by molar-refractivity contribution is 7.90. The largest absolute Gasteiger partial charge is 0.321 e. The van der Waals surface area contributed by atoms with E-state index in [1.807, 2.05) is 32.0 Å². The fourth-order valence-electron chi connectivity index (χ4n) is 2.24. The predicted octanol–water partition coefficient (Wildman–Crippen LogP) is 3.21. The molecular formula is C17H19NO3S. The molecule has 1 N–H and O–H groups in total. The van der Waals surface area contributed by atoms with Crippen LogP contribution in [0.15, 0.2) is 47.4 Å². The molecular weight excluding hydrogens is 298 g/mol. The maximum atomic E-state index is 12.3. The Morgan fingerprint density at radius 2 is 1.73 bits per heavy atom. The van der Waals surface area contributed by atoms with Crippen LogP contribution in [0, 0.1) is 6.92 Å². The van der Waals surface area contributed by atoms with Crippen LogP contribution in [-0.2, 0) is 16.3 Å². The standard InChI is InChI=1S/C17H19NO3S/c1-4-13-7-5-6-12(2)16(13)18-17(19)14-8-10-15(11-9-14)22(3,20)21/h5-11H,4H2,1-3H3,(H,18,19). The second kappa shape index (κ2) is 6.32. The Bertz CT molecular complexity index is 793. The highest BCUT2D eigenvalue weighted by atomic mass is 32.2. The lowest BCUT2D eigenvalue weighted by atomic mass is 10.1. The van der Waals surface area contributed by atoms with Gasteiger partial charge in [0.05, 0.1) is 4.90 Å². The van der Waals surface area contributed by atoms with E-state index >= 15 is 0 Å². The fourth-order valence-corrected chi connectivity index (χ4v) is 2.87. The molecule has 2 rings (SSSR count). The van der Waals surface area contributed by atoms with E-state index in [4.69, 9.17) is 0 Å². The van der Waals surface area contributed by atoms with E-state index in [1.54, 1.807) is 0 Å². The van der Waals surface area contributed by atoms with Crippen molar-refractivity contribution in [1.29, 1.82) is 0 Å². The zero-order chi connectivity index (χ0) is 16.3. The van der Waals surface area contributed by atoms with Crippen molar-refractivity contribution in [2.24, 2.45) is 0 Å². The SMILES string of the molecule is CCc1cccc(C)c1NC(=O)c1ccc(S(C)(=O)=O)cc1. The van der Waals surface area contributed by atoms with Crippen molar-refractivity contribution in [2.45, 2.75) is 25.2 Å². The molecule has 2 aromatic carbocycles. The van der Waals surface area contributed by atoms with E-state index in [0.29, 0.717) is 5.56 Å². The minimum atomic E-state index is -3.25. The molecule has 1 amide bonds. The van der Waals surface area contributed by atoms with Crippen LogP contribution in [0.4, 0.5) is 5.69 Å². The van der Waals surface area contributed by atoms with Gasteiger partial charge in [0.15, 0.2) is 9.84 Å². The third-order valence-corrected chi connectivity index (χ3v) is 4.65. The maximum Gasteiger partial charge on any atom is 0.255 e. The molecule has 0 heterocycles. The summed E-state index contributed by atoms with van der Waals surface area (Å²) in [6, 6.07) is 11.8. The van der Waals surface area contributed by atoms with Gasteiger partial charge in [-0.05, 0) is 48.7 Å². The lowest BCUT2D eigenvalue weighted by Gasteiger charge is -2.13. The minimum absolute atomic E-state index is 0.203. The number of sulfone groups is 1. The van der Waals surface area contributed by atoms with E-state index in [-0.39, 0.29) is 10.8 Å². The van der Waals surface area contributed by atoms with Gasteiger partial charge in [0.1, 0.15) is 0 Å². The second-order valence-corrected chi connectivity index (χ2v) is 7.23. The number of nitrogens with one attached hydrogen (secondary N) is 1. The fraction of sp³-hybridized carbons (Fsp3) is 0.235. The topological polar surface area (TPSA) is 63.2 Å². The number of benzene rings is 2. The van der Waals surface area contributed by atoms with Gasteiger partial charge in [-0.2, -0.15) is 0 Å². The average Bonchev–Trinajstić information content (AvgIpc) is 2.48. The van der Waals surface area contributed by atoms with Crippen molar-refractivity contribution in [2.75, 3.05) is 11.6 Å². The lowest BCUT2D eigenvalue weighted by Crippen LogP contribution is -2.14. The van der Waals surface area contributed by atoms with E-state index < -0.39 is 9.84 Å². The van der Waals surface area contributed by atoms with Gasteiger partial charge in [-0.15, -0.1) is 0 Å².